The lowest BCUT2D eigenvalue weighted by molar-refractivity contribution is -0.697. The van der Waals surface area contributed by atoms with Crippen molar-refractivity contribution < 1.29 is 17.0 Å². The molecule has 1 heterocycles. The number of unbranched alkanes of at least 4 members (excludes halogenated alkanes) is 12. The average Bonchev–Trinajstić information content (AvgIpc) is 2.62. The molecule has 2 heteroatoms. The van der Waals surface area contributed by atoms with Crippen molar-refractivity contribution in [3.8, 4) is 0 Å². The van der Waals surface area contributed by atoms with Gasteiger partial charge in [-0.15, -0.1) is 0 Å². The zero-order valence-corrected chi connectivity index (χ0v) is 17.2. The molecule has 0 aromatic carbocycles. The van der Waals surface area contributed by atoms with Crippen molar-refractivity contribution in [2.45, 2.75) is 103 Å². The summed E-state index contributed by atoms with van der Waals surface area (Å²) in [6.45, 7) is 3.45. The summed E-state index contributed by atoms with van der Waals surface area (Å²) >= 11 is 0. The monoisotopic (exact) mass is 365 g/mol. The van der Waals surface area contributed by atoms with Gasteiger partial charge in [0.1, 0.15) is 6.54 Å². The van der Waals surface area contributed by atoms with Gasteiger partial charge < -0.3 is 12.4 Å². The van der Waals surface area contributed by atoms with Crippen LogP contribution in [0.5, 0.6) is 0 Å². The summed E-state index contributed by atoms with van der Waals surface area (Å²) in [4.78, 5) is 0. The van der Waals surface area contributed by atoms with Crippen molar-refractivity contribution in [1.82, 2.24) is 0 Å². The molecular weight excluding hydrogens is 326 g/mol. The molecule has 0 atom stereocenters. The van der Waals surface area contributed by atoms with Gasteiger partial charge in [-0.2, -0.15) is 0 Å². The van der Waals surface area contributed by atoms with E-state index in [-0.39, 0.29) is 12.4 Å². The predicted molar refractivity (Wildman–Crippen MR) is 106 cm³/mol. The quantitative estimate of drug-likeness (QED) is 0.237. The van der Waals surface area contributed by atoms with Crippen molar-refractivity contribution in [3.63, 3.8) is 0 Å². The molecule has 0 aliphatic carbocycles. The van der Waals surface area contributed by atoms with E-state index in [0.717, 1.165) is 0 Å². The molecule has 1 rings (SSSR count). The fraction of sp³-hybridized carbons (Fsp3) is 0.696. The summed E-state index contributed by atoms with van der Waals surface area (Å²) in [5, 5.41) is 0. The van der Waals surface area contributed by atoms with Crippen molar-refractivity contribution >= 4 is 0 Å². The molecule has 0 unspecified atom stereocenters. The molecule has 1 nitrogen and oxygen atoms in total. The third-order valence-electron chi connectivity index (χ3n) is 4.71. The number of aromatic nitrogens is 1. The van der Waals surface area contributed by atoms with Crippen LogP contribution in [0, 0.1) is 0 Å². The lowest BCUT2D eigenvalue weighted by atomic mass is 10.1. The third kappa shape index (κ3) is 16.4. The molecule has 0 N–H and O–H groups in total. The largest absolute Gasteiger partial charge is 1.00 e. The number of nitrogens with zero attached hydrogens (tertiary/aromatic N) is 1. The highest BCUT2D eigenvalue weighted by molar-refractivity contribution is 4.83. The van der Waals surface area contributed by atoms with E-state index >= 15 is 0 Å². The van der Waals surface area contributed by atoms with Crippen LogP contribution < -0.4 is 17.0 Å². The van der Waals surface area contributed by atoms with E-state index < -0.39 is 0 Å². The Kier molecular flexibility index (Phi) is 18.9. The molecule has 0 saturated heterocycles. The van der Waals surface area contributed by atoms with Gasteiger partial charge in [0, 0.05) is 18.6 Å². The van der Waals surface area contributed by atoms with Gasteiger partial charge in [0.15, 0.2) is 12.4 Å². The first-order chi connectivity index (χ1) is 11.9. The van der Waals surface area contributed by atoms with Crippen LogP contribution >= 0.6 is 0 Å². The Balaban J connectivity index is 0.00000576. The standard InChI is InChI=1S/C23H40N.ClH/c1-2-3-4-5-6-7-8-9-10-11-12-13-14-15-16-18-21-24-22-19-17-20-23-24;/h9-10,17,19-20,22-23H,2-8,11-16,18,21H2,1H3;1H/q+1;/p-1/b10-9-;. The highest BCUT2D eigenvalue weighted by Crippen LogP contribution is 2.09. The maximum absolute atomic E-state index is 2.41. The van der Waals surface area contributed by atoms with E-state index in [0.29, 0.717) is 0 Å². The summed E-state index contributed by atoms with van der Waals surface area (Å²) < 4.78 is 2.29. The average molecular weight is 366 g/mol. The summed E-state index contributed by atoms with van der Waals surface area (Å²) in [7, 11) is 0. The molecule has 0 saturated carbocycles. The number of rotatable bonds is 16. The molecule has 0 spiro atoms. The molecule has 0 bridgehead atoms. The van der Waals surface area contributed by atoms with Crippen molar-refractivity contribution in [2.75, 3.05) is 0 Å². The van der Waals surface area contributed by atoms with Gasteiger partial charge in [-0.05, 0) is 32.1 Å². The minimum atomic E-state index is 0. The Bertz CT molecular complexity index is 388. The molecule has 144 valence electrons. The van der Waals surface area contributed by atoms with Crippen molar-refractivity contribution in [1.29, 1.82) is 0 Å². The molecule has 25 heavy (non-hydrogen) atoms. The number of aryl methyl sites for hydroxylation is 1. The van der Waals surface area contributed by atoms with Crippen molar-refractivity contribution in [2.24, 2.45) is 0 Å². The van der Waals surface area contributed by atoms with E-state index in [2.05, 4.69) is 54.2 Å². The molecule has 1 aromatic rings. The molecule has 0 aliphatic rings. The number of hydrogen-bond donors (Lipinski definition) is 0. The van der Waals surface area contributed by atoms with E-state index in [1.807, 2.05) is 0 Å². The predicted octanol–water partition coefficient (Wildman–Crippen LogP) is 4.02. The molecule has 0 radical (unpaired) electrons. The highest BCUT2D eigenvalue weighted by atomic mass is 35.5. The van der Waals surface area contributed by atoms with Gasteiger partial charge in [0.2, 0.25) is 0 Å². The maximum atomic E-state index is 2.41. The SMILES string of the molecule is CCCCCCCC/C=C\CCCCCCCC[n+]1ccccc1.[Cl-]. The second-order valence-corrected chi connectivity index (χ2v) is 7.05. The first kappa shape index (κ1) is 24.2. The molecule has 0 fully saturated rings. The van der Waals surface area contributed by atoms with Crippen LogP contribution in [-0.4, -0.2) is 0 Å². The van der Waals surface area contributed by atoms with Crippen LogP contribution in [-0.2, 0) is 6.54 Å². The highest BCUT2D eigenvalue weighted by Gasteiger charge is 1.97. The fourth-order valence-corrected chi connectivity index (χ4v) is 3.13. The third-order valence-corrected chi connectivity index (χ3v) is 4.71. The summed E-state index contributed by atoms with van der Waals surface area (Å²) in [5.41, 5.74) is 0. The van der Waals surface area contributed by atoms with E-state index in [9.17, 15) is 0 Å². The van der Waals surface area contributed by atoms with Crippen LogP contribution in [0.4, 0.5) is 0 Å². The van der Waals surface area contributed by atoms with Gasteiger partial charge >= 0.3 is 0 Å². The van der Waals surface area contributed by atoms with Gasteiger partial charge in [0.25, 0.3) is 0 Å². The molecule has 0 aliphatic heterocycles. The zero-order chi connectivity index (χ0) is 17.1. The number of pyridine rings is 1. The molecule has 1 aromatic heterocycles. The summed E-state index contributed by atoms with van der Waals surface area (Å²) in [6, 6.07) is 6.30. The van der Waals surface area contributed by atoms with Crippen molar-refractivity contribution in [3.05, 3.63) is 42.7 Å². The first-order valence-electron chi connectivity index (χ1n) is 10.5. The number of hydrogen-bond acceptors (Lipinski definition) is 0. The van der Waals surface area contributed by atoms with Gasteiger partial charge in [0.05, 0.1) is 0 Å². The normalized spacial score (nSPS) is 10.9. The Labute approximate surface area is 163 Å². The second-order valence-electron chi connectivity index (χ2n) is 7.05. The van der Waals surface area contributed by atoms with Gasteiger partial charge in [-0.1, -0.05) is 76.5 Å². The van der Waals surface area contributed by atoms with E-state index in [1.165, 1.54) is 96.4 Å². The zero-order valence-electron chi connectivity index (χ0n) is 16.5. The van der Waals surface area contributed by atoms with E-state index in [4.69, 9.17) is 0 Å². The lowest BCUT2D eigenvalue weighted by Crippen LogP contribution is -3.00. The summed E-state index contributed by atoms with van der Waals surface area (Å²) in [6.07, 6.45) is 28.5. The topological polar surface area (TPSA) is 3.88 Å². The van der Waals surface area contributed by atoms with Crippen LogP contribution in [0.3, 0.4) is 0 Å². The Hall–Kier alpha value is -0.820. The van der Waals surface area contributed by atoms with Crippen LogP contribution in [0.15, 0.2) is 42.7 Å². The van der Waals surface area contributed by atoms with Gasteiger partial charge in [-0.3, -0.25) is 0 Å². The Morgan fingerprint density at radius 3 is 1.64 bits per heavy atom. The second kappa shape index (κ2) is 19.5. The van der Waals surface area contributed by atoms with E-state index in [1.54, 1.807) is 0 Å². The van der Waals surface area contributed by atoms with Crippen LogP contribution in [0.25, 0.3) is 0 Å². The molecular formula is C23H40ClN. The maximum Gasteiger partial charge on any atom is 0.168 e. The minimum Gasteiger partial charge on any atom is -1.00 e. The van der Waals surface area contributed by atoms with Crippen LogP contribution in [0.2, 0.25) is 0 Å². The summed E-state index contributed by atoms with van der Waals surface area (Å²) in [5.74, 6) is 0. The Morgan fingerprint density at radius 1 is 0.600 bits per heavy atom. The van der Waals surface area contributed by atoms with Gasteiger partial charge in [-0.25, -0.2) is 4.57 Å². The number of halogens is 1. The Morgan fingerprint density at radius 2 is 1.08 bits per heavy atom. The smallest absolute Gasteiger partial charge is 0.168 e. The minimum absolute atomic E-state index is 0. The lowest BCUT2D eigenvalue weighted by Gasteiger charge is -2.00. The fourth-order valence-electron chi connectivity index (χ4n) is 3.13. The first-order valence-corrected chi connectivity index (χ1v) is 10.5. The molecule has 0 amide bonds. The van der Waals surface area contributed by atoms with Crippen LogP contribution in [0.1, 0.15) is 96.8 Å². The number of allylic oxidation sites excluding steroid dienone is 2.